The number of nitrogens with one attached hydrogen (secondary N) is 1. The van der Waals surface area contributed by atoms with Crippen LogP contribution >= 0.6 is 0 Å². The zero-order chi connectivity index (χ0) is 9.54. The van der Waals surface area contributed by atoms with E-state index in [2.05, 4.69) is 4.98 Å². The SMILES string of the molecule is O=c1[nH]c2c(c3c1CCCC3)CCO2. The highest BCUT2D eigenvalue weighted by Gasteiger charge is 2.23. The fraction of sp³-hybridized carbons (Fsp3) is 0.545. The maximum Gasteiger partial charge on any atom is 0.254 e. The van der Waals surface area contributed by atoms with Gasteiger partial charge >= 0.3 is 0 Å². The number of H-pyrrole nitrogens is 1. The highest BCUT2D eigenvalue weighted by atomic mass is 16.5. The molecule has 74 valence electrons. The minimum Gasteiger partial charge on any atom is -0.478 e. The zero-order valence-electron chi connectivity index (χ0n) is 8.06. The molecular weight excluding hydrogens is 178 g/mol. The van der Waals surface area contributed by atoms with Crippen LogP contribution in [0.3, 0.4) is 0 Å². The van der Waals surface area contributed by atoms with E-state index in [9.17, 15) is 4.79 Å². The Morgan fingerprint density at radius 2 is 1.79 bits per heavy atom. The Morgan fingerprint density at radius 1 is 1.00 bits per heavy atom. The summed E-state index contributed by atoms with van der Waals surface area (Å²) < 4.78 is 5.39. The van der Waals surface area contributed by atoms with E-state index in [4.69, 9.17) is 4.74 Å². The van der Waals surface area contributed by atoms with Gasteiger partial charge in [-0.25, -0.2) is 0 Å². The van der Waals surface area contributed by atoms with Gasteiger partial charge in [0.05, 0.1) is 6.61 Å². The van der Waals surface area contributed by atoms with Gasteiger partial charge in [-0.05, 0) is 31.2 Å². The lowest BCUT2D eigenvalue weighted by molar-refractivity contribution is 0.344. The van der Waals surface area contributed by atoms with Crippen LogP contribution in [-0.2, 0) is 19.3 Å². The maximum absolute atomic E-state index is 11.7. The maximum atomic E-state index is 11.7. The molecule has 0 unspecified atom stereocenters. The van der Waals surface area contributed by atoms with Gasteiger partial charge in [0.1, 0.15) is 0 Å². The number of rotatable bonds is 0. The molecule has 1 aliphatic heterocycles. The molecule has 3 rings (SSSR count). The highest BCUT2D eigenvalue weighted by molar-refractivity contribution is 5.43. The fourth-order valence-electron chi connectivity index (χ4n) is 2.52. The molecule has 1 aromatic rings. The molecule has 0 bridgehead atoms. The van der Waals surface area contributed by atoms with Gasteiger partial charge in [-0.15, -0.1) is 0 Å². The lowest BCUT2D eigenvalue weighted by atomic mass is 9.89. The van der Waals surface area contributed by atoms with Crippen molar-refractivity contribution in [2.75, 3.05) is 6.61 Å². The molecule has 2 heterocycles. The zero-order valence-corrected chi connectivity index (χ0v) is 8.06. The normalized spacial score (nSPS) is 18.6. The molecule has 3 heteroatoms. The number of pyridine rings is 1. The van der Waals surface area contributed by atoms with E-state index >= 15 is 0 Å². The van der Waals surface area contributed by atoms with Crippen LogP contribution in [0.15, 0.2) is 4.79 Å². The first-order valence-electron chi connectivity index (χ1n) is 5.26. The van der Waals surface area contributed by atoms with Crippen LogP contribution in [-0.4, -0.2) is 11.6 Å². The molecule has 3 nitrogen and oxygen atoms in total. The van der Waals surface area contributed by atoms with Crippen LogP contribution in [0.1, 0.15) is 29.5 Å². The second-order valence-electron chi connectivity index (χ2n) is 4.02. The van der Waals surface area contributed by atoms with Crippen molar-refractivity contribution >= 4 is 0 Å². The van der Waals surface area contributed by atoms with Gasteiger partial charge in [-0.1, -0.05) is 0 Å². The summed E-state index contributed by atoms with van der Waals surface area (Å²) in [6, 6.07) is 0. The molecule has 1 aromatic heterocycles. The Kier molecular flexibility index (Phi) is 1.66. The van der Waals surface area contributed by atoms with Crippen molar-refractivity contribution in [3.05, 3.63) is 27.0 Å². The third kappa shape index (κ3) is 1.01. The average Bonchev–Trinajstić information content (AvgIpc) is 2.66. The van der Waals surface area contributed by atoms with E-state index in [-0.39, 0.29) is 5.56 Å². The summed E-state index contributed by atoms with van der Waals surface area (Å²) in [5, 5.41) is 0. The lowest BCUT2D eigenvalue weighted by Gasteiger charge is -2.16. The van der Waals surface area contributed by atoms with E-state index in [0.717, 1.165) is 43.7 Å². The number of aromatic amines is 1. The van der Waals surface area contributed by atoms with Gasteiger partial charge < -0.3 is 4.74 Å². The Balaban J connectivity index is 2.28. The Morgan fingerprint density at radius 3 is 2.64 bits per heavy atom. The summed E-state index contributed by atoms with van der Waals surface area (Å²) in [5.41, 5.74) is 3.63. The van der Waals surface area contributed by atoms with Crippen LogP contribution in [0, 0.1) is 0 Å². The van der Waals surface area contributed by atoms with Gasteiger partial charge in [0.2, 0.25) is 0 Å². The second-order valence-corrected chi connectivity index (χ2v) is 4.02. The third-order valence-electron chi connectivity index (χ3n) is 3.21. The molecule has 1 N–H and O–H groups in total. The first-order valence-corrected chi connectivity index (χ1v) is 5.26. The summed E-state index contributed by atoms with van der Waals surface area (Å²) in [7, 11) is 0. The standard InChI is InChI=1S/C11H13NO2/c13-10-8-4-2-1-3-7(8)9-5-6-14-11(9)12-10/h1-6H2,(H,12,13). The van der Waals surface area contributed by atoms with Crippen LogP contribution in [0.4, 0.5) is 0 Å². The van der Waals surface area contributed by atoms with Crippen molar-refractivity contribution in [3.8, 4) is 5.88 Å². The summed E-state index contributed by atoms with van der Waals surface area (Å²) >= 11 is 0. The number of hydrogen-bond donors (Lipinski definition) is 1. The smallest absolute Gasteiger partial charge is 0.254 e. The van der Waals surface area contributed by atoms with Crippen molar-refractivity contribution in [3.63, 3.8) is 0 Å². The Labute approximate surface area is 82.1 Å². The van der Waals surface area contributed by atoms with Gasteiger partial charge in [0.25, 0.3) is 5.56 Å². The minimum atomic E-state index is 0.0698. The first-order chi connectivity index (χ1) is 6.86. The summed E-state index contributed by atoms with van der Waals surface area (Å²) in [5.74, 6) is 0.732. The fourth-order valence-corrected chi connectivity index (χ4v) is 2.52. The lowest BCUT2D eigenvalue weighted by Crippen LogP contribution is -2.20. The molecular formula is C11H13NO2. The van der Waals surface area contributed by atoms with Crippen LogP contribution in [0.25, 0.3) is 0 Å². The molecule has 0 radical (unpaired) electrons. The molecule has 0 saturated heterocycles. The highest BCUT2D eigenvalue weighted by Crippen LogP contribution is 2.30. The van der Waals surface area contributed by atoms with E-state index in [1.54, 1.807) is 0 Å². The Bertz CT molecular complexity index is 434. The van der Waals surface area contributed by atoms with Gasteiger partial charge in [-0.3, -0.25) is 9.78 Å². The van der Waals surface area contributed by atoms with Crippen LogP contribution in [0.5, 0.6) is 5.88 Å². The number of ether oxygens (including phenoxy) is 1. The summed E-state index contributed by atoms with van der Waals surface area (Å²) in [6.07, 6.45) is 5.33. The molecule has 2 aliphatic rings. The van der Waals surface area contributed by atoms with Crippen LogP contribution in [0.2, 0.25) is 0 Å². The van der Waals surface area contributed by atoms with Crippen molar-refractivity contribution in [2.45, 2.75) is 32.1 Å². The molecule has 0 atom stereocenters. The molecule has 0 spiro atoms. The predicted molar refractivity (Wildman–Crippen MR) is 52.9 cm³/mol. The molecule has 0 saturated carbocycles. The molecule has 0 aromatic carbocycles. The van der Waals surface area contributed by atoms with E-state index in [1.807, 2.05) is 0 Å². The summed E-state index contributed by atoms with van der Waals surface area (Å²) in [6.45, 7) is 0.724. The quantitative estimate of drug-likeness (QED) is 0.669. The van der Waals surface area contributed by atoms with Crippen molar-refractivity contribution in [2.24, 2.45) is 0 Å². The molecule has 0 fully saturated rings. The molecule has 1 aliphatic carbocycles. The predicted octanol–water partition coefficient (Wildman–Crippen LogP) is 1.19. The monoisotopic (exact) mass is 191 g/mol. The molecule has 0 amide bonds. The van der Waals surface area contributed by atoms with Gasteiger partial charge in [-0.2, -0.15) is 0 Å². The van der Waals surface area contributed by atoms with Crippen molar-refractivity contribution in [1.29, 1.82) is 0 Å². The van der Waals surface area contributed by atoms with Gasteiger partial charge in [0.15, 0.2) is 5.88 Å². The topological polar surface area (TPSA) is 42.1 Å². The minimum absolute atomic E-state index is 0.0698. The average molecular weight is 191 g/mol. The van der Waals surface area contributed by atoms with E-state index in [0.29, 0.717) is 0 Å². The van der Waals surface area contributed by atoms with Crippen LogP contribution < -0.4 is 10.3 Å². The first kappa shape index (κ1) is 8.09. The second kappa shape index (κ2) is 2.87. The molecule has 14 heavy (non-hydrogen) atoms. The van der Waals surface area contributed by atoms with E-state index in [1.165, 1.54) is 17.5 Å². The van der Waals surface area contributed by atoms with Crippen molar-refractivity contribution in [1.82, 2.24) is 4.98 Å². The van der Waals surface area contributed by atoms with Gasteiger partial charge in [0, 0.05) is 17.5 Å². The number of fused-ring (bicyclic) bond motifs is 3. The summed E-state index contributed by atoms with van der Waals surface area (Å²) in [4.78, 5) is 14.5. The Hall–Kier alpha value is -1.25. The number of hydrogen-bond acceptors (Lipinski definition) is 2. The number of aromatic nitrogens is 1. The largest absolute Gasteiger partial charge is 0.478 e. The third-order valence-corrected chi connectivity index (χ3v) is 3.21. The van der Waals surface area contributed by atoms with E-state index < -0.39 is 0 Å². The van der Waals surface area contributed by atoms with Crippen molar-refractivity contribution < 1.29 is 4.74 Å².